The monoisotopic (exact) mass is 313 g/mol. The summed E-state index contributed by atoms with van der Waals surface area (Å²) in [5.74, 6) is 0.940. The standard InChI is InChI=1S/C15H19N7O/c23-14(13-7-12(19-20-13)10-4-5-10)18-15-17-9-22(21-15)8-11-3-1-2-6-16-11/h1-3,6,9-10,12-13,19-20H,4-5,7-8H2,(H,18,21,23). The number of amides is 1. The van der Waals surface area contributed by atoms with Crippen LogP contribution in [-0.2, 0) is 11.3 Å². The lowest BCUT2D eigenvalue weighted by Crippen LogP contribution is -2.40. The van der Waals surface area contributed by atoms with E-state index in [1.165, 1.54) is 12.8 Å². The first-order valence-electron chi connectivity index (χ1n) is 7.89. The summed E-state index contributed by atoms with van der Waals surface area (Å²) >= 11 is 0. The Bertz CT molecular complexity index is 682. The highest BCUT2D eigenvalue weighted by atomic mass is 16.2. The molecule has 2 atom stereocenters. The zero-order chi connectivity index (χ0) is 15.6. The van der Waals surface area contributed by atoms with Crippen LogP contribution in [0.2, 0.25) is 0 Å². The predicted octanol–water partition coefficient (Wildman–Crippen LogP) is 0.305. The summed E-state index contributed by atoms with van der Waals surface area (Å²) in [6.07, 6.45) is 6.66. The quantitative estimate of drug-likeness (QED) is 0.735. The van der Waals surface area contributed by atoms with E-state index in [2.05, 4.69) is 31.2 Å². The van der Waals surface area contributed by atoms with E-state index < -0.39 is 0 Å². The SMILES string of the molecule is O=C(Nc1ncn(Cc2ccccn2)n1)C1CC(C2CC2)NN1. The van der Waals surface area contributed by atoms with Crippen LogP contribution < -0.4 is 16.2 Å². The molecule has 1 saturated carbocycles. The van der Waals surface area contributed by atoms with Crippen molar-refractivity contribution in [3.05, 3.63) is 36.4 Å². The smallest absolute Gasteiger partial charge is 0.248 e. The second-order valence-electron chi connectivity index (χ2n) is 6.10. The van der Waals surface area contributed by atoms with E-state index in [-0.39, 0.29) is 11.9 Å². The summed E-state index contributed by atoms with van der Waals surface area (Å²) in [4.78, 5) is 20.6. The number of hydrogen-bond donors (Lipinski definition) is 3. The van der Waals surface area contributed by atoms with Gasteiger partial charge in [0.15, 0.2) is 0 Å². The summed E-state index contributed by atoms with van der Waals surface area (Å²) in [6, 6.07) is 5.89. The van der Waals surface area contributed by atoms with Crippen LogP contribution in [0.4, 0.5) is 5.95 Å². The van der Waals surface area contributed by atoms with Crippen molar-refractivity contribution in [3.63, 3.8) is 0 Å². The normalized spacial score (nSPS) is 23.8. The molecule has 4 rings (SSSR count). The highest BCUT2D eigenvalue weighted by Gasteiger charge is 2.38. The Hall–Kier alpha value is -2.32. The number of carbonyl (C=O) groups is 1. The second-order valence-corrected chi connectivity index (χ2v) is 6.10. The van der Waals surface area contributed by atoms with E-state index in [1.54, 1.807) is 17.2 Å². The van der Waals surface area contributed by atoms with Crippen molar-refractivity contribution in [3.8, 4) is 0 Å². The van der Waals surface area contributed by atoms with Crippen LogP contribution in [-0.4, -0.2) is 37.7 Å². The maximum absolute atomic E-state index is 12.3. The van der Waals surface area contributed by atoms with Gasteiger partial charge in [-0.2, -0.15) is 0 Å². The van der Waals surface area contributed by atoms with Crippen molar-refractivity contribution in [2.75, 3.05) is 5.32 Å². The summed E-state index contributed by atoms with van der Waals surface area (Å²) in [6.45, 7) is 0.525. The van der Waals surface area contributed by atoms with E-state index in [9.17, 15) is 4.79 Å². The van der Waals surface area contributed by atoms with Gasteiger partial charge in [-0.1, -0.05) is 6.07 Å². The van der Waals surface area contributed by atoms with E-state index in [4.69, 9.17) is 0 Å². The van der Waals surface area contributed by atoms with Gasteiger partial charge in [0.25, 0.3) is 0 Å². The molecule has 0 radical (unpaired) electrons. The zero-order valence-electron chi connectivity index (χ0n) is 12.6. The average Bonchev–Trinajstić information content (AvgIpc) is 3.13. The number of rotatable bonds is 5. The molecule has 8 heteroatoms. The summed E-state index contributed by atoms with van der Waals surface area (Å²) in [5, 5.41) is 7.03. The molecule has 2 fully saturated rings. The van der Waals surface area contributed by atoms with Crippen molar-refractivity contribution in [1.29, 1.82) is 0 Å². The maximum atomic E-state index is 12.3. The molecular weight excluding hydrogens is 294 g/mol. The van der Waals surface area contributed by atoms with Gasteiger partial charge in [-0.15, -0.1) is 5.10 Å². The molecule has 23 heavy (non-hydrogen) atoms. The molecule has 0 spiro atoms. The van der Waals surface area contributed by atoms with Crippen LogP contribution >= 0.6 is 0 Å². The van der Waals surface area contributed by atoms with Gasteiger partial charge >= 0.3 is 0 Å². The Balaban J connectivity index is 1.33. The highest BCUT2D eigenvalue weighted by molar-refractivity contribution is 5.93. The first-order valence-corrected chi connectivity index (χ1v) is 7.89. The number of hydrazine groups is 1. The van der Waals surface area contributed by atoms with E-state index >= 15 is 0 Å². The van der Waals surface area contributed by atoms with Crippen molar-refractivity contribution < 1.29 is 4.79 Å². The molecule has 1 aliphatic heterocycles. The molecule has 0 bridgehead atoms. The van der Waals surface area contributed by atoms with Crippen LogP contribution in [0, 0.1) is 5.92 Å². The average molecular weight is 313 g/mol. The van der Waals surface area contributed by atoms with E-state index in [0.29, 0.717) is 18.5 Å². The molecule has 1 amide bonds. The van der Waals surface area contributed by atoms with Gasteiger partial charge in [-0.25, -0.2) is 15.1 Å². The lowest BCUT2D eigenvalue weighted by atomic mass is 10.1. The molecular formula is C15H19N7O. The van der Waals surface area contributed by atoms with Crippen LogP contribution in [0.3, 0.4) is 0 Å². The molecule has 1 aliphatic carbocycles. The topological polar surface area (TPSA) is 96.8 Å². The van der Waals surface area contributed by atoms with Crippen LogP contribution in [0.1, 0.15) is 25.0 Å². The summed E-state index contributed by atoms with van der Waals surface area (Å²) in [5.41, 5.74) is 7.16. The summed E-state index contributed by atoms with van der Waals surface area (Å²) in [7, 11) is 0. The van der Waals surface area contributed by atoms with E-state index in [1.807, 2.05) is 18.2 Å². The number of carbonyl (C=O) groups excluding carboxylic acids is 1. The van der Waals surface area contributed by atoms with Gasteiger partial charge in [0.05, 0.1) is 12.2 Å². The first kappa shape index (κ1) is 14.3. The molecule has 3 N–H and O–H groups in total. The van der Waals surface area contributed by atoms with Crippen molar-refractivity contribution in [1.82, 2.24) is 30.6 Å². The molecule has 2 aromatic heterocycles. The molecule has 2 aromatic rings. The Labute approximate surface area is 133 Å². The van der Waals surface area contributed by atoms with E-state index in [0.717, 1.165) is 18.0 Å². The van der Waals surface area contributed by atoms with Gasteiger partial charge in [0.1, 0.15) is 12.4 Å². The third-order valence-electron chi connectivity index (χ3n) is 4.26. The fourth-order valence-electron chi connectivity index (χ4n) is 2.84. The van der Waals surface area contributed by atoms with Gasteiger partial charge in [-0.3, -0.25) is 20.5 Å². The van der Waals surface area contributed by atoms with Crippen LogP contribution in [0.25, 0.3) is 0 Å². The van der Waals surface area contributed by atoms with Crippen molar-refractivity contribution in [2.24, 2.45) is 5.92 Å². The molecule has 2 aliphatic rings. The number of aromatic nitrogens is 4. The minimum Gasteiger partial charge on any atom is -0.292 e. The maximum Gasteiger partial charge on any atom is 0.248 e. The summed E-state index contributed by atoms with van der Waals surface area (Å²) < 4.78 is 1.66. The van der Waals surface area contributed by atoms with Crippen LogP contribution in [0.5, 0.6) is 0 Å². The third-order valence-corrected chi connectivity index (χ3v) is 4.26. The Morgan fingerprint density at radius 1 is 1.30 bits per heavy atom. The Morgan fingerprint density at radius 3 is 3.00 bits per heavy atom. The molecule has 3 heterocycles. The number of nitrogens with one attached hydrogen (secondary N) is 3. The van der Waals surface area contributed by atoms with Crippen LogP contribution in [0.15, 0.2) is 30.7 Å². The first-order chi connectivity index (χ1) is 11.3. The highest BCUT2D eigenvalue weighted by Crippen LogP contribution is 2.35. The lowest BCUT2D eigenvalue weighted by molar-refractivity contribution is -0.117. The van der Waals surface area contributed by atoms with Crippen molar-refractivity contribution >= 4 is 11.9 Å². The fraction of sp³-hybridized carbons (Fsp3) is 0.467. The fourth-order valence-corrected chi connectivity index (χ4v) is 2.84. The van der Waals surface area contributed by atoms with Gasteiger partial charge < -0.3 is 0 Å². The predicted molar refractivity (Wildman–Crippen MR) is 83.2 cm³/mol. The number of hydrogen-bond acceptors (Lipinski definition) is 6. The molecule has 0 aromatic carbocycles. The number of anilines is 1. The minimum absolute atomic E-state index is 0.101. The Morgan fingerprint density at radius 2 is 2.22 bits per heavy atom. The minimum atomic E-state index is -0.233. The third kappa shape index (κ3) is 3.38. The molecule has 1 saturated heterocycles. The number of nitrogens with zero attached hydrogens (tertiary/aromatic N) is 4. The molecule has 120 valence electrons. The van der Waals surface area contributed by atoms with Gasteiger partial charge in [0, 0.05) is 12.2 Å². The van der Waals surface area contributed by atoms with Crippen molar-refractivity contribution in [2.45, 2.75) is 37.9 Å². The molecule has 8 nitrogen and oxygen atoms in total. The lowest BCUT2D eigenvalue weighted by Gasteiger charge is -2.07. The largest absolute Gasteiger partial charge is 0.292 e. The Kier molecular flexibility index (Phi) is 3.76. The van der Waals surface area contributed by atoms with Gasteiger partial charge in [-0.05, 0) is 37.3 Å². The number of pyridine rings is 1. The second kappa shape index (κ2) is 6.05. The van der Waals surface area contributed by atoms with Gasteiger partial charge in [0.2, 0.25) is 11.9 Å². The zero-order valence-corrected chi connectivity index (χ0v) is 12.6. The molecule has 2 unspecified atom stereocenters.